The van der Waals surface area contributed by atoms with Gasteiger partial charge in [0.25, 0.3) is 5.56 Å². The van der Waals surface area contributed by atoms with E-state index in [4.69, 9.17) is 0 Å². The highest BCUT2D eigenvalue weighted by Gasteiger charge is 1.97. The molecule has 4 aromatic rings. The molecule has 1 N–H and O–H groups in total. The lowest BCUT2D eigenvalue weighted by Gasteiger charge is -1.96. The molecule has 4 rings (SSSR count). The lowest BCUT2D eigenvalue weighted by Crippen LogP contribution is -2.06. The standard InChI is InChI=1S/C10H9NO.C6H5N3S/c1-7-6-8-4-2-3-5-9(8)10(12)11-7;1-4-2-5-6(7-3-4)9-10-8-5/h2-6H,1H3,(H,11,12);2-3H,1H3. The summed E-state index contributed by atoms with van der Waals surface area (Å²) in [7, 11) is 0. The minimum Gasteiger partial charge on any atom is -0.326 e. The van der Waals surface area contributed by atoms with Crippen molar-refractivity contribution in [2.45, 2.75) is 13.8 Å². The molecule has 0 atom stereocenters. The van der Waals surface area contributed by atoms with Crippen molar-refractivity contribution >= 4 is 33.7 Å². The first-order valence-electron chi connectivity index (χ1n) is 6.77. The van der Waals surface area contributed by atoms with Crippen LogP contribution < -0.4 is 5.56 Å². The second-order valence-electron chi connectivity index (χ2n) is 4.99. The number of rotatable bonds is 0. The smallest absolute Gasteiger partial charge is 0.256 e. The quantitative estimate of drug-likeness (QED) is 0.541. The van der Waals surface area contributed by atoms with Gasteiger partial charge in [0.15, 0.2) is 5.65 Å². The van der Waals surface area contributed by atoms with Gasteiger partial charge in [-0.25, -0.2) is 4.98 Å². The molecule has 0 bridgehead atoms. The van der Waals surface area contributed by atoms with Crippen molar-refractivity contribution in [3.05, 3.63) is 64.2 Å². The third kappa shape index (κ3) is 3.01. The van der Waals surface area contributed by atoms with Gasteiger partial charge in [0.2, 0.25) is 0 Å². The number of benzene rings is 1. The first kappa shape index (κ1) is 14.3. The van der Waals surface area contributed by atoms with Gasteiger partial charge in [-0.1, -0.05) is 18.2 Å². The molecule has 110 valence electrons. The first-order chi connectivity index (χ1) is 10.6. The predicted octanol–water partition coefficient (Wildman–Crippen LogP) is 3.23. The van der Waals surface area contributed by atoms with Crippen LogP contribution in [0.1, 0.15) is 11.3 Å². The van der Waals surface area contributed by atoms with E-state index in [1.165, 1.54) is 11.7 Å². The van der Waals surface area contributed by atoms with Crippen molar-refractivity contribution in [2.24, 2.45) is 0 Å². The maximum atomic E-state index is 11.3. The fourth-order valence-electron chi connectivity index (χ4n) is 2.13. The molecule has 1 aromatic carbocycles. The number of hydrogen-bond acceptors (Lipinski definition) is 5. The topological polar surface area (TPSA) is 71.5 Å². The van der Waals surface area contributed by atoms with E-state index in [9.17, 15) is 4.79 Å². The van der Waals surface area contributed by atoms with E-state index in [1.807, 2.05) is 50.2 Å². The van der Waals surface area contributed by atoms with E-state index in [-0.39, 0.29) is 5.56 Å². The van der Waals surface area contributed by atoms with E-state index in [2.05, 4.69) is 18.7 Å². The van der Waals surface area contributed by atoms with Gasteiger partial charge in [0, 0.05) is 17.3 Å². The van der Waals surface area contributed by atoms with Crippen LogP contribution in [0.15, 0.2) is 47.4 Å². The van der Waals surface area contributed by atoms with E-state index in [0.29, 0.717) is 0 Å². The molecule has 0 saturated carbocycles. The molecule has 0 aliphatic carbocycles. The Kier molecular flexibility index (Phi) is 3.93. The minimum absolute atomic E-state index is 0.00870. The van der Waals surface area contributed by atoms with Crippen LogP contribution in [0.3, 0.4) is 0 Å². The molecule has 0 fully saturated rings. The highest BCUT2D eigenvalue weighted by atomic mass is 32.1. The summed E-state index contributed by atoms with van der Waals surface area (Å²) >= 11 is 1.20. The Bertz CT molecular complexity index is 990. The molecule has 0 spiro atoms. The molecule has 0 radical (unpaired) electrons. The Morgan fingerprint density at radius 2 is 1.91 bits per heavy atom. The highest BCUT2D eigenvalue weighted by Crippen LogP contribution is 2.09. The van der Waals surface area contributed by atoms with Crippen molar-refractivity contribution in [1.82, 2.24) is 18.7 Å². The molecular weight excluding hydrogens is 296 g/mol. The number of H-pyrrole nitrogens is 1. The summed E-state index contributed by atoms with van der Waals surface area (Å²) in [6.45, 7) is 3.87. The number of aryl methyl sites for hydroxylation is 2. The Hall–Kier alpha value is -2.60. The summed E-state index contributed by atoms with van der Waals surface area (Å²) in [6, 6.07) is 11.5. The monoisotopic (exact) mass is 310 g/mol. The number of hydrogen-bond donors (Lipinski definition) is 1. The van der Waals surface area contributed by atoms with E-state index >= 15 is 0 Å². The van der Waals surface area contributed by atoms with Crippen LogP contribution in [0.5, 0.6) is 0 Å². The maximum absolute atomic E-state index is 11.3. The minimum atomic E-state index is -0.00870. The average molecular weight is 310 g/mol. The van der Waals surface area contributed by atoms with Crippen LogP contribution in [0.25, 0.3) is 21.9 Å². The van der Waals surface area contributed by atoms with Gasteiger partial charge in [-0.2, -0.15) is 8.75 Å². The van der Waals surface area contributed by atoms with Gasteiger partial charge in [0.1, 0.15) is 5.52 Å². The summed E-state index contributed by atoms with van der Waals surface area (Å²) in [5.41, 5.74) is 3.66. The van der Waals surface area contributed by atoms with Crippen molar-refractivity contribution < 1.29 is 0 Å². The SMILES string of the molecule is Cc1cc2ccccc2c(=O)[nH]1.Cc1cnc2nsnc2c1. The molecule has 3 heterocycles. The van der Waals surface area contributed by atoms with E-state index in [0.717, 1.165) is 33.2 Å². The predicted molar refractivity (Wildman–Crippen MR) is 89.3 cm³/mol. The molecule has 3 aromatic heterocycles. The first-order valence-corrected chi connectivity index (χ1v) is 7.50. The van der Waals surface area contributed by atoms with Crippen LogP contribution in [-0.4, -0.2) is 18.7 Å². The zero-order valence-electron chi connectivity index (χ0n) is 12.2. The Morgan fingerprint density at radius 1 is 1.09 bits per heavy atom. The highest BCUT2D eigenvalue weighted by molar-refractivity contribution is 7.00. The summed E-state index contributed by atoms with van der Waals surface area (Å²) < 4.78 is 8.03. The normalized spacial score (nSPS) is 10.5. The lowest BCUT2D eigenvalue weighted by atomic mass is 10.1. The van der Waals surface area contributed by atoms with Crippen LogP contribution in [0, 0.1) is 13.8 Å². The Morgan fingerprint density at radius 3 is 2.77 bits per heavy atom. The third-order valence-electron chi connectivity index (χ3n) is 3.14. The molecular formula is C16H14N4OS. The van der Waals surface area contributed by atoms with Gasteiger partial charge < -0.3 is 4.98 Å². The number of fused-ring (bicyclic) bond motifs is 2. The second kappa shape index (κ2) is 6.03. The molecule has 0 amide bonds. The van der Waals surface area contributed by atoms with E-state index in [1.54, 1.807) is 6.20 Å². The van der Waals surface area contributed by atoms with Crippen LogP contribution >= 0.6 is 11.7 Å². The zero-order valence-corrected chi connectivity index (χ0v) is 13.0. The number of nitrogens with zero attached hydrogens (tertiary/aromatic N) is 3. The average Bonchev–Trinajstić information content (AvgIpc) is 2.95. The second-order valence-corrected chi connectivity index (χ2v) is 5.52. The fraction of sp³-hybridized carbons (Fsp3) is 0.125. The molecule has 0 saturated heterocycles. The molecule has 0 aliphatic rings. The summed E-state index contributed by atoms with van der Waals surface area (Å²) in [5, 5.41) is 1.75. The van der Waals surface area contributed by atoms with Gasteiger partial charge in [-0.05, 0) is 43.0 Å². The van der Waals surface area contributed by atoms with Crippen LogP contribution in [0.4, 0.5) is 0 Å². The molecule has 6 heteroatoms. The molecule has 22 heavy (non-hydrogen) atoms. The molecule has 0 unspecified atom stereocenters. The van der Waals surface area contributed by atoms with Crippen molar-refractivity contribution in [2.75, 3.05) is 0 Å². The van der Waals surface area contributed by atoms with Crippen molar-refractivity contribution in [3.8, 4) is 0 Å². The number of aromatic amines is 1. The number of aromatic nitrogens is 4. The third-order valence-corrected chi connectivity index (χ3v) is 3.67. The Balaban J connectivity index is 0.000000133. The maximum Gasteiger partial charge on any atom is 0.256 e. The molecule has 0 aliphatic heterocycles. The van der Waals surface area contributed by atoms with Gasteiger partial charge in [0.05, 0.1) is 11.7 Å². The number of nitrogens with one attached hydrogen (secondary N) is 1. The van der Waals surface area contributed by atoms with E-state index < -0.39 is 0 Å². The summed E-state index contributed by atoms with van der Waals surface area (Å²) in [6.07, 6.45) is 1.80. The van der Waals surface area contributed by atoms with Crippen molar-refractivity contribution in [3.63, 3.8) is 0 Å². The van der Waals surface area contributed by atoms with Crippen molar-refractivity contribution in [1.29, 1.82) is 0 Å². The van der Waals surface area contributed by atoms with Gasteiger partial charge in [-0.15, -0.1) is 0 Å². The summed E-state index contributed by atoms with van der Waals surface area (Å²) in [5.74, 6) is 0. The zero-order chi connectivity index (χ0) is 15.5. The molecule has 5 nitrogen and oxygen atoms in total. The van der Waals surface area contributed by atoms with Gasteiger partial charge >= 0.3 is 0 Å². The largest absolute Gasteiger partial charge is 0.326 e. The lowest BCUT2D eigenvalue weighted by molar-refractivity contribution is 1.17. The van der Waals surface area contributed by atoms with Gasteiger partial charge in [-0.3, -0.25) is 4.79 Å². The fourth-order valence-corrected chi connectivity index (χ4v) is 2.61. The summed E-state index contributed by atoms with van der Waals surface area (Å²) in [4.78, 5) is 18.2. The number of pyridine rings is 2. The Labute approximate surface area is 131 Å². The van der Waals surface area contributed by atoms with Crippen LogP contribution in [-0.2, 0) is 0 Å². The van der Waals surface area contributed by atoms with Crippen LogP contribution in [0.2, 0.25) is 0 Å².